The van der Waals surface area contributed by atoms with E-state index in [-0.39, 0.29) is 22.3 Å². The minimum absolute atomic E-state index is 0.0347. The maximum absolute atomic E-state index is 10.4. The van der Waals surface area contributed by atoms with Crippen LogP contribution in [0.4, 0.5) is 0 Å². The molecule has 0 aromatic carbocycles. The summed E-state index contributed by atoms with van der Waals surface area (Å²) < 4.78 is 0. The van der Waals surface area contributed by atoms with E-state index in [4.69, 9.17) is 5.73 Å². The van der Waals surface area contributed by atoms with Gasteiger partial charge < -0.3 is 10.8 Å². The van der Waals surface area contributed by atoms with Gasteiger partial charge in [0.1, 0.15) is 0 Å². The van der Waals surface area contributed by atoms with Crippen LogP contribution in [-0.2, 0) is 0 Å². The molecule has 2 rings (SSSR count). The second-order valence-electron chi connectivity index (χ2n) is 6.25. The van der Waals surface area contributed by atoms with E-state index < -0.39 is 6.10 Å². The van der Waals surface area contributed by atoms with Crippen molar-refractivity contribution in [3.05, 3.63) is 11.1 Å². The molecule has 0 radical (unpaired) electrons. The fourth-order valence-corrected chi connectivity index (χ4v) is 4.19. The standard InChI is InChI=1S/C13H23NO/c1-7-8(2)13(6)10(15)9(14)12(7,5)11(13,3)4/h9-10,15H,14H2,1-6H3/t9-,10+,12-,13+/m0/s1. The van der Waals surface area contributed by atoms with Gasteiger partial charge in [0.2, 0.25) is 0 Å². The van der Waals surface area contributed by atoms with Crippen molar-refractivity contribution in [3.8, 4) is 0 Å². The van der Waals surface area contributed by atoms with Gasteiger partial charge in [-0.15, -0.1) is 0 Å². The molecule has 2 nitrogen and oxygen atoms in total. The average molecular weight is 209 g/mol. The highest BCUT2D eigenvalue weighted by atomic mass is 16.3. The molecule has 15 heavy (non-hydrogen) atoms. The van der Waals surface area contributed by atoms with Crippen LogP contribution in [0.2, 0.25) is 0 Å². The van der Waals surface area contributed by atoms with Crippen LogP contribution in [0.25, 0.3) is 0 Å². The van der Waals surface area contributed by atoms with Gasteiger partial charge in [0, 0.05) is 16.9 Å². The number of nitrogens with two attached hydrogens (primary N) is 1. The van der Waals surface area contributed by atoms with Crippen LogP contribution in [0.1, 0.15) is 41.5 Å². The predicted molar refractivity (Wildman–Crippen MR) is 62.4 cm³/mol. The van der Waals surface area contributed by atoms with E-state index in [1.54, 1.807) is 0 Å². The highest BCUT2D eigenvalue weighted by Crippen LogP contribution is 2.73. The van der Waals surface area contributed by atoms with Crippen molar-refractivity contribution in [1.29, 1.82) is 0 Å². The molecule has 0 aromatic rings. The number of hydrogen-bond donors (Lipinski definition) is 2. The first-order chi connectivity index (χ1) is 6.63. The quantitative estimate of drug-likeness (QED) is 0.600. The fraction of sp³-hybridized carbons (Fsp3) is 0.846. The first-order valence-electron chi connectivity index (χ1n) is 5.75. The summed E-state index contributed by atoms with van der Waals surface area (Å²) in [5, 5.41) is 10.4. The number of fused-ring (bicyclic) bond motifs is 2. The molecule has 0 unspecified atom stereocenters. The number of aliphatic hydroxyl groups is 1. The minimum Gasteiger partial charge on any atom is -0.391 e. The fourth-order valence-electron chi connectivity index (χ4n) is 4.19. The van der Waals surface area contributed by atoms with E-state index in [0.29, 0.717) is 0 Å². The Morgan fingerprint density at radius 3 is 1.73 bits per heavy atom. The maximum atomic E-state index is 10.4. The van der Waals surface area contributed by atoms with E-state index in [1.807, 2.05) is 0 Å². The highest BCUT2D eigenvalue weighted by Gasteiger charge is 2.72. The maximum Gasteiger partial charge on any atom is 0.0795 e. The van der Waals surface area contributed by atoms with Gasteiger partial charge in [-0.25, -0.2) is 0 Å². The summed E-state index contributed by atoms with van der Waals surface area (Å²) in [4.78, 5) is 0. The molecule has 2 aliphatic carbocycles. The van der Waals surface area contributed by atoms with E-state index in [1.165, 1.54) is 11.1 Å². The Kier molecular flexibility index (Phi) is 1.85. The Hall–Kier alpha value is -0.340. The van der Waals surface area contributed by atoms with Crippen LogP contribution in [-0.4, -0.2) is 17.3 Å². The topological polar surface area (TPSA) is 46.2 Å². The Balaban J connectivity index is 2.76. The van der Waals surface area contributed by atoms with Gasteiger partial charge in [-0.05, 0) is 19.3 Å². The van der Waals surface area contributed by atoms with Crippen molar-refractivity contribution >= 4 is 0 Å². The van der Waals surface area contributed by atoms with E-state index >= 15 is 0 Å². The third-order valence-electron chi connectivity index (χ3n) is 6.32. The van der Waals surface area contributed by atoms with Crippen LogP contribution >= 0.6 is 0 Å². The van der Waals surface area contributed by atoms with Gasteiger partial charge >= 0.3 is 0 Å². The van der Waals surface area contributed by atoms with Crippen LogP contribution in [0.3, 0.4) is 0 Å². The molecule has 0 aliphatic heterocycles. The second-order valence-corrected chi connectivity index (χ2v) is 6.25. The molecule has 0 amide bonds. The molecule has 2 bridgehead atoms. The Morgan fingerprint density at radius 1 is 1.00 bits per heavy atom. The number of aliphatic hydroxyl groups excluding tert-OH is 1. The van der Waals surface area contributed by atoms with Crippen LogP contribution < -0.4 is 5.73 Å². The van der Waals surface area contributed by atoms with Crippen LogP contribution in [0.15, 0.2) is 11.1 Å². The van der Waals surface area contributed by atoms with E-state index in [0.717, 1.165) is 0 Å². The lowest BCUT2D eigenvalue weighted by atomic mass is 9.62. The van der Waals surface area contributed by atoms with Crippen molar-refractivity contribution in [1.82, 2.24) is 0 Å². The first-order valence-corrected chi connectivity index (χ1v) is 5.75. The first kappa shape index (κ1) is 11.2. The highest BCUT2D eigenvalue weighted by molar-refractivity contribution is 5.45. The number of hydrogen-bond acceptors (Lipinski definition) is 2. The van der Waals surface area contributed by atoms with Crippen molar-refractivity contribution in [2.24, 2.45) is 22.0 Å². The molecular formula is C13H23NO. The predicted octanol–water partition coefficient (Wildman–Crippen LogP) is 2.08. The van der Waals surface area contributed by atoms with Crippen LogP contribution in [0.5, 0.6) is 0 Å². The molecule has 1 saturated carbocycles. The molecule has 0 spiro atoms. The summed E-state index contributed by atoms with van der Waals surface area (Å²) in [6.45, 7) is 13.2. The normalized spacial score (nSPS) is 52.8. The summed E-state index contributed by atoms with van der Waals surface area (Å²) in [5.41, 5.74) is 8.76. The molecule has 4 atom stereocenters. The summed E-state index contributed by atoms with van der Waals surface area (Å²) in [7, 11) is 0. The lowest BCUT2D eigenvalue weighted by molar-refractivity contribution is 0.0308. The third-order valence-corrected chi connectivity index (χ3v) is 6.32. The SMILES string of the molecule is CC1=C(C)[C@]2(C)[C@H](O)[C@H](N)[C@@]1(C)C2(C)C. The van der Waals surface area contributed by atoms with Gasteiger partial charge in [0.25, 0.3) is 0 Å². The summed E-state index contributed by atoms with van der Waals surface area (Å²) in [5.74, 6) is 0. The largest absolute Gasteiger partial charge is 0.391 e. The zero-order valence-electron chi connectivity index (χ0n) is 10.7. The molecule has 2 heteroatoms. The molecule has 2 aliphatic rings. The molecule has 86 valence electrons. The lowest BCUT2D eigenvalue weighted by Crippen LogP contribution is -2.48. The molecule has 3 N–H and O–H groups in total. The van der Waals surface area contributed by atoms with Crippen molar-refractivity contribution in [2.45, 2.75) is 53.7 Å². The van der Waals surface area contributed by atoms with Gasteiger partial charge in [-0.1, -0.05) is 38.8 Å². The van der Waals surface area contributed by atoms with Gasteiger partial charge in [-0.2, -0.15) is 0 Å². The Morgan fingerprint density at radius 2 is 1.40 bits per heavy atom. The molecule has 1 fully saturated rings. The molecule has 0 saturated heterocycles. The zero-order chi connectivity index (χ0) is 11.8. The number of rotatable bonds is 0. The summed E-state index contributed by atoms with van der Waals surface area (Å²) in [6.07, 6.45) is -0.416. The molecule has 0 heterocycles. The Labute approximate surface area is 92.6 Å². The van der Waals surface area contributed by atoms with Gasteiger partial charge in [0.05, 0.1) is 6.10 Å². The van der Waals surface area contributed by atoms with Crippen LogP contribution in [0, 0.1) is 16.2 Å². The van der Waals surface area contributed by atoms with Gasteiger partial charge in [-0.3, -0.25) is 0 Å². The molecular weight excluding hydrogens is 186 g/mol. The monoisotopic (exact) mass is 209 g/mol. The third kappa shape index (κ3) is 0.753. The van der Waals surface area contributed by atoms with Gasteiger partial charge in [0.15, 0.2) is 0 Å². The van der Waals surface area contributed by atoms with Crippen molar-refractivity contribution in [2.75, 3.05) is 0 Å². The lowest BCUT2D eigenvalue weighted by Gasteiger charge is -2.41. The Bertz CT molecular complexity index is 326. The van der Waals surface area contributed by atoms with Crippen molar-refractivity contribution < 1.29 is 5.11 Å². The summed E-state index contributed by atoms with van der Waals surface area (Å²) >= 11 is 0. The van der Waals surface area contributed by atoms with E-state index in [9.17, 15) is 5.11 Å². The average Bonchev–Trinajstić information content (AvgIpc) is 2.34. The van der Waals surface area contributed by atoms with Crippen molar-refractivity contribution in [3.63, 3.8) is 0 Å². The minimum atomic E-state index is -0.416. The molecule has 0 aromatic heterocycles. The van der Waals surface area contributed by atoms with E-state index in [2.05, 4.69) is 41.5 Å². The smallest absolute Gasteiger partial charge is 0.0795 e. The zero-order valence-corrected chi connectivity index (χ0v) is 10.7. The second kappa shape index (κ2) is 2.49. The summed E-state index contributed by atoms with van der Waals surface area (Å²) in [6, 6.07) is -0.138.